The number of carboxylic acids is 1. The second-order valence-corrected chi connectivity index (χ2v) is 6.84. The maximum absolute atomic E-state index is 12.7. The summed E-state index contributed by atoms with van der Waals surface area (Å²) < 4.78 is 0. The molecule has 0 spiro atoms. The quantitative estimate of drug-likeness (QED) is 0.836. The third-order valence-corrected chi connectivity index (χ3v) is 5.66. The van der Waals surface area contributed by atoms with Gasteiger partial charge in [0.1, 0.15) is 0 Å². The van der Waals surface area contributed by atoms with Gasteiger partial charge in [-0.15, -0.1) is 0 Å². The van der Waals surface area contributed by atoms with Gasteiger partial charge in [0.2, 0.25) is 5.91 Å². The fourth-order valence-corrected chi connectivity index (χ4v) is 3.65. The first-order valence-corrected chi connectivity index (χ1v) is 7.33. The molecule has 1 saturated heterocycles. The summed E-state index contributed by atoms with van der Waals surface area (Å²) in [5.41, 5.74) is -1.27. The van der Waals surface area contributed by atoms with Crippen molar-refractivity contribution in [3.8, 4) is 0 Å². The smallest absolute Gasteiger partial charge is 0.309 e. The molecule has 108 valence electrons. The maximum atomic E-state index is 12.7. The van der Waals surface area contributed by atoms with Crippen LogP contribution >= 0.6 is 0 Å². The van der Waals surface area contributed by atoms with Gasteiger partial charge in [-0.05, 0) is 44.4 Å². The van der Waals surface area contributed by atoms with Crippen molar-refractivity contribution in [2.45, 2.75) is 52.9 Å². The lowest BCUT2D eigenvalue weighted by Crippen LogP contribution is -2.47. The zero-order valence-corrected chi connectivity index (χ0v) is 12.2. The fraction of sp³-hybridized carbons (Fsp3) is 0.867. The van der Waals surface area contributed by atoms with Gasteiger partial charge in [0.25, 0.3) is 0 Å². The molecule has 0 aromatic rings. The summed E-state index contributed by atoms with van der Waals surface area (Å²) >= 11 is 0. The Labute approximate surface area is 115 Å². The number of likely N-dealkylation sites (tertiary alicyclic amines) is 1. The first kappa shape index (κ1) is 14.4. The Morgan fingerprint density at radius 3 is 2.16 bits per heavy atom. The molecule has 1 amide bonds. The lowest BCUT2D eigenvalue weighted by atomic mass is 9.65. The van der Waals surface area contributed by atoms with Crippen molar-refractivity contribution in [1.82, 2.24) is 4.90 Å². The molecule has 2 fully saturated rings. The van der Waals surface area contributed by atoms with Gasteiger partial charge in [0, 0.05) is 19.0 Å². The highest BCUT2D eigenvalue weighted by Crippen LogP contribution is 2.56. The number of carboxylic acid groups (broad SMARTS) is 1. The van der Waals surface area contributed by atoms with Gasteiger partial charge in [0.05, 0.1) is 5.41 Å². The van der Waals surface area contributed by atoms with E-state index in [0.717, 1.165) is 25.9 Å². The zero-order valence-electron chi connectivity index (χ0n) is 12.2. The maximum Gasteiger partial charge on any atom is 0.309 e. The van der Waals surface area contributed by atoms with Crippen LogP contribution in [0.25, 0.3) is 0 Å². The molecular weight excluding hydrogens is 242 g/mol. The summed E-state index contributed by atoms with van der Waals surface area (Å²) in [4.78, 5) is 26.2. The van der Waals surface area contributed by atoms with Crippen LogP contribution in [0, 0.1) is 16.7 Å². The van der Waals surface area contributed by atoms with E-state index >= 15 is 0 Å². The molecule has 1 aliphatic carbocycles. The van der Waals surface area contributed by atoms with Gasteiger partial charge in [-0.3, -0.25) is 9.59 Å². The average molecular weight is 267 g/mol. The summed E-state index contributed by atoms with van der Waals surface area (Å²) in [5, 5.41) is 9.49. The molecule has 0 unspecified atom stereocenters. The van der Waals surface area contributed by atoms with Crippen LogP contribution in [0.3, 0.4) is 0 Å². The van der Waals surface area contributed by atoms with E-state index in [-0.39, 0.29) is 11.8 Å². The molecule has 0 bridgehead atoms. The number of rotatable bonds is 2. The zero-order chi connectivity index (χ0) is 14.3. The lowest BCUT2D eigenvalue weighted by Gasteiger charge is -2.40. The van der Waals surface area contributed by atoms with Gasteiger partial charge in [-0.25, -0.2) is 0 Å². The molecule has 2 rings (SSSR count). The Bertz CT molecular complexity index is 385. The summed E-state index contributed by atoms with van der Waals surface area (Å²) in [5.74, 6) is -0.743. The number of hydrogen-bond donors (Lipinski definition) is 1. The third-order valence-electron chi connectivity index (χ3n) is 5.66. The first-order valence-electron chi connectivity index (χ1n) is 7.33. The van der Waals surface area contributed by atoms with Crippen LogP contribution in [0.15, 0.2) is 0 Å². The SMILES string of the molecule is CC1(C)[C@H](C(=O)N2CCCCC2)CC[C@@]1(C)C(=O)O. The molecule has 0 radical (unpaired) electrons. The minimum atomic E-state index is -0.789. The molecule has 1 N–H and O–H groups in total. The summed E-state index contributed by atoms with van der Waals surface area (Å²) in [6.45, 7) is 7.37. The second-order valence-electron chi connectivity index (χ2n) is 6.84. The molecule has 1 heterocycles. The molecule has 2 atom stereocenters. The number of piperidine rings is 1. The van der Waals surface area contributed by atoms with Crippen molar-refractivity contribution in [2.75, 3.05) is 13.1 Å². The number of aliphatic carboxylic acids is 1. The van der Waals surface area contributed by atoms with Gasteiger partial charge in [-0.1, -0.05) is 13.8 Å². The number of carbonyl (C=O) groups excluding carboxylic acids is 1. The molecule has 2 aliphatic rings. The largest absolute Gasteiger partial charge is 0.481 e. The van der Waals surface area contributed by atoms with Gasteiger partial charge < -0.3 is 10.0 Å². The first-order chi connectivity index (χ1) is 8.80. The minimum Gasteiger partial charge on any atom is -0.481 e. The highest BCUT2D eigenvalue weighted by Gasteiger charge is 2.58. The molecule has 1 saturated carbocycles. The van der Waals surface area contributed by atoms with Crippen LogP contribution in [-0.2, 0) is 9.59 Å². The number of hydrogen-bond acceptors (Lipinski definition) is 2. The van der Waals surface area contributed by atoms with E-state index < -0.39 is 16.8 Å². The molecule has 4 heteroatoms. The van der Waals surface area contributed by atoms with E-state index in [2.05, 4.69) is 0 Å². The Balaban J connectivity index is 2.17. The molecule has 0 aromatic heterocycles. The minimum absolute atomic E-state index is 0.147. The monoisotopic (exact) mass is 267 g/mol. The van der Waals surface area contributed by atoms with Crippen molar-refractivity contribution < 1.29 is 14.7 Å². The van der Waals surface area contributed by atoms with Crippen LogP contribution in [0.2, 0.25) is 0 Å². The van der Waals surface area contributed by atoms with Crippen LogP contribution in [0.1, 0.15) is 52.9 Å². The normalized spacial score (nSPS) is 34.3. The van der Waals surface area contributed by atoms with Crippen LogP contribution in [-0.4, -0.2) is 35.0 Å². The fourth-order valence-electron chi connectivity index (χ4n) is 3.65. The van der Waals surface area contributed by atoms with Crippen LogP contribution in [0.5, 0.6) is 0 Å². The second kappa shape index (κ2) is 4.80. The molecule has 0 aromatic carbocycles. The molecule has 1 aliphatic heterocycles. The van der Waals surface area contributed by atoms with Crippen molar-refractivity contribution in [3.05, 3.63) is 0 Å². The van der Waals surface area contributed by atoms with Gasteiger partial charge in [0.15, 0.2) is 0 Å². The van der Waals surface area contributed by atoms with Gasteiger partial charge >= 0.3 is 5.97 Å². The van der Waals surface area contributed by atoms with E-state index in [0.29, 0.717) is 12.8 Å². The van der Waals surface area contributed by atoms with Crippen molar-refractivity contribution in [2.24, 2.45) is 16.7 Å². The molecule has 19 heavy (non-hydrogen) atoms. The van der Waals surface area contributed by atoms with Crippen LogP contribution < -0.4 is 0 Å². The molecular formula is C15H25NO3. The van der Waals surface area contributed by atoms with E-state index in [4.69, 9.17) is 0 Å². The standard InChI is InChI=1S/C15H25NO3/c1-14(2)11(7-8-15(14,3)13(18)19)12(17)16-9-5-4-6-10-16/h11H,4-10H2,1-3H3,(H,18,19)/t11-,15-/m0/s1. The number of carbonyl (C=O) groups is 2. The van der Waals surface area contributed by atoms with Crippen molar-refractivity contribution in [1.29, 1.82) is 0 Å². The van der Waals surface area contributed by atoms with Crippen LogP contribution in [0.4, 0.5) is 0 Å². The Hall–Kier alpha value is -1.06. The van der Waals surface area contributed by atoms with Crippen molar-refractivity contribution >= 4 is 11.9 Å². The topological polar surface area (TPSA) is 57.6 Å². The predicted octanol–water partition coefficient (Wildman–Crippen LogP) is 2.53. The summed E-state index contributed by atoms with van der Waals surface area (Å²) in [7, 11) is 0. The Morgan fingerprint density at radius 1 is 1.11 bits per heavy atom. The van der Waals surface area contributed by atoms with E-state index in [1.807, 2.05) is 18.7 Å². The Kier molecular flexibility index (Phi) is 3.63. The van der Waals surface area contributed by atoms with E-state index in [9.17, 15) is 14.7 Å². The summed E-state index contributed by atoms with van der Waals surface area (Å²) in [6.07, 6.45) is 4.65. The van der Waals surface area contributed by atoms with E-state index in [1.165, 1.54) is 6.42 Å². The Morgan fingerprint density at radius 2 is 1.68 bits per heavy atom. The predicted molar refractivity (Wildman–Crippen MR) is 72.7 cm³/mol. The van der Waals surface area contributed by atoms with Gasteiger partial charge in [-0.2, -0.15) is 0 Å². The number of nitrogens with zero attached hydrogens (tertiary/aromatic N) is 1. The molecule has 4 nitrogen and oxygen atoms in total. The third kappa shape index (κ3) is 2.15. The lowest BCUT2D eigenvalue weighted by molar-refractivity contribution is -0.156. The summed E-state index contributed by atoms with van der Waals surface area (Å²) in [6, 6.07) is 0. The number of amides is 1. The van der Waals surface area contributed by atoms with E-state index in [1.54, 1.807) is 6.92 Å². The highest BCUT2D eigenvalue weighted by atomic mass is 16.4. The average Bonchev–Trinajstić information content (AvgIpc) is 2.62. The van der Waals surface area contributed by atoms with Crippen molar-refractivity contribution in [3.63, 3.8) is 0 Å². The highest BCUT2D eigenvalue weighted by molar-refractivity contribution is 5.84.